The number of aromatic nitrogens is 2. The summed E-state index contributed by atoms with van der Waals surface area (Å²) in [7, 11) is 0. The molecule has 2 heterocycles. The Balaban J connectivity index is 1.00. The van der Waals surface area contributed by atoms with Gasteiger partial charge in [-0.15, -0.1) is 0 Å². The van der Waals surface area contributed by atoms with Crippen LogP contribution in [-0.4, -0.2) is 9.13 Å². The van der Waals surface area contributed by atoms with Gasteiger partial charge in [0.25, 0.3) is 0 Å². The van der Waals surface area contributed by atoms with Crippen molar-refractivity contribution < 1.29 is 0 Å². The Kier molecular flexibility index (Phi) is 7.89. The third-order valence-electron chi connectivity index (χ3n) is 12.3. The van der Waals surface area contributed by atoms with Crippen LogP contribution in [0.3, 0.4) is 0 Å². The molecule has 0 aliphatic heterocycles. The lowest BCUT2D eigenvalue weighted by atomic mass is 9.93. The Morgan fingerprint density at radius 2 is 0.600 bits per heavy atom. The van der Waals surface area contributed by atoms with E-state index in [1.807, 2.05) is 0 Å². The monoisotopic (exact) mass is 762 g/mol. The summed E-state index contributed by atoms with van der Waals surface area (Å²) in [6, 6.07) is 84.3. The molecule has 0 spiro atoms. The Bertz CT molecular complexity index is 3500. The van der Waals surface area contributed by atoms with E-state index in [1.165, 1.54) is 105 Å². The molecule has 0 atom stereocenters. The maximum Gasteiger partial charge on any atom is 0.0547 e. The van der Waals surface area contributed by atoms with Crippen LogP contribution in [0.4, 0.5) is 0 Å². The molecule has 2 nitrogen and oxygen atoms in total. The van der Waals surface area contributed by atoms with E-state index in [1.54, 1.807) is 0 Å². The molecule has 0 bridgehead atoms. The minimum absolute atomic E-state index is 1.14. The SMILES string of the molecule is c1ccc(-c2cc(-c3ccccc3)cc(-c3ccc(-n4c5ccc(-c6ccc7c(c6)c6ccccc6n7-c6ccccc6)cc5c5cc6ccccc6cc54)cc3)c2)cc1. The van der Waals surface area contributed by atoms with Gasteiger partial charge in [0.2, 0.25) is 0 Å². The summed E-state index contributed by atoms with van der Waals surface area (Å²) >= 11 is 0. The summed E-state index contributed by atoms with van der Waals surface area (Å²) in [6.07, 6.45) is 0. The molecule has 60 heavy (non-hydrogen) atoms. The quantitative estimate of drug-likeness (QED) is 0.160. The van der Waals surface area contributed by atoms with Gasteiger partial charge in [-0.25, -0.2) is 0 Å². The molecule has 0 N–H and O–H groups in total. The summed E-state index contributed by atoms with van der Waals surface area (Å²) in [5.74, 6) is 0. The van der Waals surface area contributed by atoms with E-state index in [4.69, 9.17) is 0 Å². The lowest BCUT2D eigenvalue weighted by molar-refractivity contribution is 1.18. The van der Waals surface area contributed by atoms with Crippen LogP contribution < -0.4 is 0 Å². The smallest absolute Gasteiger partial charge is 0.0547 e. The third kappa shape index (κ3) is 5.65. The van der Waals surface area contributed by atoms with Crippen molar-refractivity contribution in [2.45, 2.75) is 0 Å². The highest BCUT2D eigenvalue weighted by molar-refractivity contribution is 6.15. The fraction of sp³-hybridized carbons (Fsp3) is 0. The highest BCUT2D eigenvalue weighted by Crippen LogP contribution is 2.40. The molecule has 10 aromatic carbocycles. The van der Waals surface area contributed by atoms with E-state index < -0.39 is 0 Å². The van der Waals surface area contributed by atoms with Crippen LogP contribution in [0.25, 0.3) is 110 Å². The average molecular weight is 763 g/mol. The van der Waals surface area contributed by atoms with Gasteiger partial charge >= 0.3 is 0 Å². The molecule has 0 unspecified atom stereocenters. The fourth-order valence-electron chi connectivity index (χ4n) is 9.36. The molecule has 0 saturated carbocycles. The molecule has 12 rings (SSSR count). The van der Waals surface area contributed by atoms with Crippen LogP contribution in [-0.2, 0) is 0 Å². The molecule has 0 aliphatic rings. The summed E-state index contributed by atoms with van der Waals surface area (Å²) in [6.45, 7) is 0. The second kappa shape index (κ2) is 13.9. The molecule has 0 aliphatic carbocycles. The van der Waals surface area contributed by atoms with E-state index in [2.05, 4.69) is 240 Å². The van der Waals surface area contributed by atoms with Crippen molar-refractivity contribution in [1.29, 1.82) is 0 Å². The maximum atomic E-state index is 2.44. The third-order valence-corrected chi connectivity index (χ3v) is 12.3. The van der Waals surface area contributed by atoms with Crippen LogP contribution in [0.15, 0.2) is 231 Å². The number of nitrogens with zero attached hydrogens (tertiary/aromatic N) is 2. The number of hydrogen-bond acceptors (Lipinski definition) is 0. The first-order chi connectivity index (χ1) is 29.7. The normalized spacial score (nSPS) is 11.7. The molecule has 280 valence electrons. The molecule has 2 heteroatoms. The van der Waals surface area contributed by atoms with Crippen molar-refractivity contribution in [2.75, 3.05) is 0 Å². The predicted molar refractivity (Wildman–Crippen MR) is 254 cm³/mol. The van der Waals surface area contributed by atoms with E-state index in [0.717, 1.165) is 5.69 Å². The van der Waals surface area contributed by atoms with Gasteiger partial charge in [0.05, 0.1) is 22.1 Å². The Morgan fingerprint density at radius 3 is 1.20 bits per heavy atom. The summed E-state index contributed by atoms with van der Waals surface area (Å²) in [5.41, 5.74) is 16.8. The van der Waals surface area contributed by atoms with E-state index in [9.17, 15) is 0 Å². The van der Waals surface area contributed by atoms with Crippen LogP contribution in [0, 0.1) is 0 Å². The van der Waals surface area contributed by atoms with Crippen molar-refractivity contribution in [1.82, 2.24) is 9.13 Å². The van der Waals surface area contributed by atoms with Gasteiger partial charge in [0, 0.05) is 32.9 Å². The van der Waals surface area contributed by atoms with Crippen LogP contribution in [0.1, 0.15) is 0 Å². The lowest BCUT2D eigenvalue weighted by Gasteiger charge is -2.13. The molecule has 0 fully saturated rings. The number of rotatable bonds is 6. The molecule has 12 aromatic rings. The van der Waals surface area contributed by atoms with Gasteiger partial charge in [0.1, 0.15) is 0 Å². The van der Waals surface area contributed by atoms with Crippen molar-refractivity contribution in [3.05, 3.63) is 231 Å². The number of fused-ring (bicyclic) bond motifs is 7. The minimum atomic E-state index is 1.14. The average Bonchev–Trinajstić information content (AvgIpc) is 3.83. The van der Waals surface area contributed by atoms with E-state index >= 15 is 0 Å². The van der Waals surface area contributed by atoms with Gasteiger partial charge in [-0.05, 0) is 140 Å². The summed E-state index contributed by atoms with van der Waals surface area (Å²) in [4.78, 5) is 0. The van der Waals surface area contributed by atoms with Crippen molar-refractivity contribution >= 4 is 54.4 Å². The van der Waals surface area contributed by atoms with Gasteiger partial charge < -0.3 is 9.13 Å². The molecule has 0 amide bonds. The number of para-hydroxylation sites is 2. The highest BCUT2D eigenvalue weighted by atomic mass is 15.0. The lowest BCUT2D eigenvalue weighted by Crippen LogP contribution is -1.94. The second-order valence-electron chi connectivity index (χ2n) is 15.8. The van der Waals surface area contributed by atoms with Gasteiger partial charge in [-0.2, -0.15) is 0 Å². The first kappa shape index (κ1) is 34.1. The topological polar surface area (TPSA) is 9.86 Å². The first-order valence-corrected chi connectivity index (χ1v) is 20.7. The number of benzene rings is 10. The van der Waals surface area contributed by atoms with E-state index in [-0.39, 0.29) is 0 Å². The standard InChI is InChI=1S/C58H38N2/c1-4-14-39(15-5-1)46-32-47(40-16-6-2-7-17-40)34-48(33-46)41-24-28-50(29-25-41)60-57-31-27-45(37-53(57)54-35-42-18-10-11-19-43(42)38-58(54)60)44-26-30-56-52(36-44)51-22-12-13-23-55(51)59(56)49-20-8-3-9-21-49/h1-38H. The van der Waals surface area contributed by atoms with Crippen molar-refractivity contribution in [3.8, 4) is 55.9 Å². The van der Waals surface area contributed by atoms with Gasteiger partial charge in [-0.3, -0.25) is 0 Å². The second-order valence-corrected chi connectivity index (χ2v) is 15.8. The van der Waals surface area contributed by atoms with Gasteiger partial charge in [-0.1, -0.05) is 146 Å². The van der Waals surface area contributed by atoms with Crippen LogP contribution in [0.5, 0.6) is 0 Å². The number of hydrogen-bond donors (Lipinski definition) is 0. The maximum absolute atomic E-state index is 2.44. The Hall–Kier alpha value is -7.94. The zero-order valence-electron chi connectivity index (χ0n) is 32.8. The molecule has 0 radical (unpaired) electrons. The predicted octanol–water partition coefficient (Wildman–Crippen LogP) is 15.7. The molecular weight excluding hydrogens is 725 g/mol. The van der Waals surface area contributed by atoms with Crippen molar-refractivity contribution in [3.63, 3.8) is 0 Å². The zero-order valence-corrected chi connectivity index (χ0v) is 32.8. The Labute approximate surface area is 348 Å². The zero-order chi connectivity index (χ0) is 39.6. The van der Waals surface area contributed by atoms with Gasteiger partial charge in [0.15, 0.2) is 0 Å². The first-order valence-electron chi connectivity index (χ1n) is 20.7. The Morgan fingerprint density at radius 1 is 0.200 bits per heavy atom. The molecule has 2 aromatic heterocycles. The van der Waals surface area contributed by atoms with Crippen LogP contribution >= 0.6 is 0 Å². The minimum Gasteiger partial charge on any atom is -0.309 e. The summed E-state index contributed by atoms with van der Waals surface area (Å²) in [5, 5.41) is 7.48. The summed E-state index contributed by atoms with van der Waals surface area (Å²) < 4.78 is 4.82. The highest BCUT2D eigenvalue weighted by Gasteiger charge is 2.17. The van der Waals surface area contributed by atoms with Crippen LogP contribution in [0.2, 0.25) is 0 Å². The molecular formula is C58H38N2. The fourth-order valence-corrected chi connectivity index (χ4v) is 9.36. The van der Waals surface area contributed by atoms with E-state index in [0.29, 0.717) is 0 Å². The van der Waals surface area contributed by atoms with Crippen molar-refractivity contribution in [2.24, 2.45) is 0 Å². The largest absolute Gasteiger partial charge is 0.309 e. The molecule has 0 saturated heterocycles.